The lowest BCUT2D eigenvalue weighted by Crippen LogP contribution is -2.57. The quantitative estimate of drug-likeness (QED) is 0.705. The molecule has 5 nitrogen and oxygen atoms in total. The first-order chi connectivity index (χ1) is 12.7. The van der Waals surface area contributed by atoms with E-state index in [4.69, 9.17) is 17.3 Å². The van der Waals surface area contributed by atoms with Crippen LogP contribution in [-0.4, -0.2) is 29.3 Å². The van der Waals surface area contributed by atoms with Crippen molar-refractivity contribution in [2.75, 3.05) is 11.9 Å². The summed E-state index contributed by atoms with van der Waals surface area (Å²) in [5.74, 6) is -0.655. The third kappa shape index (κ3) is 3.74. The summed E-state index contributed by atoms with van der Waals surface area (Å²) in [5, 5.41) is 3.58. The Hall–Kier alpha value is -1.89. The smallest absolute Gasteiger partial charge is 0.249 e. The van der Waals surface area contributed by atoms with Crippen LogP contribution in [0.4, 0.5) is 5.69 Å². The number of amides is 2. The van der Waals surface area contributed by atoms with Crippen molar-refractivity contribution in [3.8, 4) is 0 Å². The van der Waals surface area contributed by atoms with Gasteiger partial charge in [-0.3, -0.25) is 14.5 Å². The first kappa shape index (κ1) is 19.9. The summed E-state index contributed by atoms with van der Waals surface area (Å²) in [6, 6.07) is 13.0. The zero-order chi connectivity index (χ0) is 19.8. The molecule has 0 radical (unpaired) electrons. The van der Waals surface area contributed by atoms with E-state index in [1.165, 1.54) is 0 Å². The lowest BCUT2D eigenvalue weighted by atomic mass is 9.82. The van der Waals surface area contributed by atoms with Crippen molar-refractivity contribution >= 4 is 45.0 Å². The van der Waals surface area contributed by atoms with Crippen LogP contribution in [0, 0.1) is 0 Å². The Kier molecular flexibility index (Phi) is 5.60. The normalized spacial score (nSPS) is 18.7. The summed E-state index contributed by atoms with van der Waals surface area (Å²) in [5.41, 5.74) is 6.93. The van der Waals surface area contributed by atoms with Crippen LogP contribution in [0.1, 0.15) is 25.0 Å². The Balaban J connectivity index is 2.21. The number of primary amides is 1. The maximum Gasteiger partial charge on any atom is 0.249 e. The molecule has 1 atom stereocenters. The molecule has 2 aromatic carbocycles. The van der Waals surface area contributed by atoms with Crippen molar-refractivity contribution in [2.24, 2.45) is 5.73 Å². The molecule has 0 saturated carbocycles. The van der Waals surface area contributed by atoms with Gasteiger partial charge in [0.05, 0.1) is 6.54 Å². The van der Waals surface area contributed by atoms with Crippen LogP contribution in [0.3, 0.4) is 0 Å². The van der Waals surface area contributed by atoms with E-state index in [2.05, 4.69) is 21.2 Å². The van der Waals surface area contributed by atoms with E-state index in [1.807, 2.05) is 55.1 Å². The maximum absolute atomic E-state index is 13.3. The van der Waals surface area contributed by atoms with E-state index in [9.17, 15) is 9.59 Å². The van der Waals surface area contributed by atoms with Gasteiger partial charge >= 0.3 is 0 Å². The molecule has 27 heavy (non-hydrogen) atoms. The number of nitrogens with zero attached hydrogens (tertiary/aromatic N) is 1. The fraction of sp³-hybridized carbons (Fsp3) is 0.300. The minimum atomic E-state index is -1.05. The Morgan fingerprint density at radius 3 is 2.67 bits per heavy atom. The number of carbonyl (C=O) groups is 2. The van der Waals surface area contributed by atoms with Gasteiger partial charge in [-0.05, 0) is 43.7 Å². The summed E-state index contributed by atoms with van der Waals surface area (Å²) in [7, 11) is 0. The number of fused-ring (bicyclic) bond motifs is 1. The summed E-state index contributed by atoms with van der Waals surface area (Å²) < 4.78 is 0.867. The first-order valence-corrected chi connectivity index (χ1v) is 9.82. The van der Waals surface area contributed by atoms with Gasteiger partial charge in [0.1, 0.15) is 5.54 Å². The number of nitrogens with two attached hydrogens (primary N) is 1. The van der Waals surface area contributed by atoms with E-state index in [-0.39, 0.29) is 18.5 Å². The minimum absolute atomic E-state index is 0.0266. The zero-order valence-corrected chi connectivity index (χ0v) is 17.5. The SMILES string of the molecule is CC(C)N(CC(N)=O)C1(Cc2cccc(Cl)c2)C(=O)Nc2cc(Br)ccc21. The third-order valence-electron chi connectivity index (χ3n) is 4.84. The van der Waals surface area contributed by atoms with Crippen LogP contribution >= 0.6 is 27.5 Å². The van der Waals surface area contributed by atoms with E-state index in [0.717, 1.165) is 21.3 Å². The van der Waals surface area contributed by atoms with Crippen LogP contribution in [0.25, 0.3) is 0 Å². The molecular formula is C20H21BrClN3O2. The van der Waals surface area contributed by atoms with Crippen molar-refractivity contribution in [1.29, 1.82) is 0 Å². The highest BCUT2D eigenvalue weighted by molar-refractivity contribution is 9.10. The number of nitrogens with one attached hydrogen (secondary N) is 1. The number of benzene rings is 2. The van der Waals surface area contributed by atoms with Crippen molar-refractivity contribution in [3.63, 3.8) is 0 Å². The van der Waals surface area contributed by atoms with Gasteiger partial charge in [-0.1, -0.05) is 45.7 Å². The molecule has 142 valence electrons. The molecule has 0 aromatic heterocycles. The highest BCUT2D eigenvalue weighted by Crippen LogP contribution is 2.44. The van der Waals surface area contributed by atoms with Crippen molar-refractivity contribution in [3.05, 3.63) is 63.1 Å². The average molecular weight is 451 g/mol. The highest BCUT2D eigenvalue weighted by Gasteiger charge is 2.52. The number of anilines is 1. The molecule has 0 aliphatic carbocycles. The first-order valence-electron chi connectivity index (χ1n) is 8.65. The average Bonchev–Trinajstić information content (AvgIpc) is 2.84. The Morgan fingerprint density at radius 2 is 2.04 bits per heavy atom. The molecule has 0 fully saturated rings. The second-order valence-corrected chi connectivity index (χ2v) is 8.35. The fourth-order valence-corrected chi connectivity index (χ4v) is 4.33. The summed E-state index contributed by atoms with van der Waals surface area (Å²) in [6.45, 7) is 3.88. The monoisotopic (exact) mass is 449 g/mol. The third-order valence-corrected chi connectivity index (χ3v) is 5.57. The molecular weight excluding hydrogens is 430 g/mol. The van der Waals surface area contributed by atoms with Gasteiger partial charge in [0.2, 0.25) is 11.8 Å². The predicted molar refractivity (Wildman–Crippen MR) is 111 cm³/mol. The summed E-state index contributed by atoms with van der Waals surface area (Å²) in [6.07, 6.45) is 0.374. The lowest BCUT2D eigenvalue weighted by molar-refractivity contribution is -0.132. The topological polar surface area (TPSA) is 75.4 Å². The Bertz CT molecular complexity index is 903. The highest BCUT2D eigenvalue weighted by atomic mass is 79.9. The number of rotatable bonds is 6. The minimum Gasteiger partial charge on any atom is -0.369 e. The molecule has 0 spiro atoms. The van der Waals surface area contributed by atoms with Gasteiger partial charge in [-0.25, -0.2) is 0 Å². The Labute approximate surface area is 172 Å². The maximum atomic E-state index is 13.3. The fourth-order valence-electron chi connectivity index (χ4n) is 3.76. The van der Waals surface area contributed by atoms with Crippen LogP contribution in [-0.2, 0) is 21.5 Å². The molecule has 1 heterocycles. The number of hydrogen-bond acceptors (Lipinski definition) is 3. The molecule has 1 unspecified atom stereocenters. The standard InChI is InChI=1S/C20H21BrClN3O2/c1-12(2)25(11-18(23)26)20(10-13-4-3-5-15(22)8-13)16-7-6-14(21)9-17(16)24-19(20)27/h3-9,12H,10-11H2,1-2H3,(H2,23,26)(H,24,27). The molecule has 2 aromatic rings. The van der Waals surface area contributed by atoms with E-state index < -0.39 is 11.4 Å². The van der Waals surface area contributed by atoms with Gasteiger partial charge in [-0.15, -0.1) is 0 Å². The van der Waals surface area contributed by atoms with Crippen molar-refractivity contribution < 1.29 is 9.59 Å². The van der Waals surface area contributed by atoms with E-state index in [0.29, 0.717) is 11.4 Å². The van der Waals surface area contributed by atoms with Gasteiger partial charge in [-0.2, -0.15) is 0 Å². The van der Waals surface area contributed by atoms with Crippen molar-refractivity contribution in [2.45, 2.75) is 31.8 Å². The molecule has 2 amide bonds. The van der Waals surface area contributed by atoms with Crippen LogP contribution in [0.2, 0.25) is 5.02 Å². The number of hydrogen-bond donors (Lipinski definition) is 2. The molecule has 0 saturated heterocycles. The van der Waals surface area contributed by atoms with Crippen LogP contribution < -0.4 is 11.1 Å². The molecule has 3 N–H and O–H groups in total. The molecule has 3 rings (SSSR count). The number of halogens is 2. The van der Waals surface area contributed by atoms with Crippen LogP contribution in [0.5, 0.6) is 0 Å². The molecule has 7 heteroatoms. The van der Waals surface area contributed by atoms with Gasteiger partial charge in [0.15, 0.2) is 0 Å². The second-order valence-electron chi connectivity index (χ2n) is 7.00. The number of carbonyl (C=O) groups excluding carboxylic acids is 2. The largest absolute Gasteiger partial charge is 0.369 e. The Morgan fingerprint density at radius 1 is 1.30 bits per heavy atom. The zero-order valence-electron chi connectivity index (χ0n) is 15.1. The lowest BCUT2D eigenvalue weighted by Gasteiger charge is -2.42. The summed E-state index contributed by atoms with van der Waals surface area (Å²) >= 11 is 9.61. The molecule has 1 aliphatic heterocycles. The van der Waals surface area contributed by atoms with Gasteiger partial charge in [0.25, 0.3) is 0 Å². The van der Waals surface area contributed by atoms with Crippen LogP contribution in [0.15, 0.2) is 46.9 Å². The van der Waals surface area contributed by atoms with Crippen molar-refractivity contribution in [1.82, 2.24) is 4.90 Å². The van der Waals surface area contributed by atoms with E-state index in [1.54, 1.807) is 6.07 Å². The summed E-state index contributed by atoms with van der Waals surface area (Å²) in [4.78, 5) is 27.0. The van der Waals surface area contributed by atoms with Gasteiger partial charge < -0.3 is 11.1 Å². The predicted octanol–water partition coefficient (Wildman–Crippen LogP) is 3.69. The molecule has 0 bridgehead atoms. The molecule has 1 aliphatic rings. The van der Waals surface area contributed by atoms with Gasteiger partial charge in [0, 0.05) is 33.2 Å². The second kappa shape index (κ2) is 7.62. The van der Waals surface area contributed by atoms with E-state index >= 15 is 0 Å².